The fraction of sp³-hybridized carbons (Fsp3) is 0.385. The minimum Gasteiger partial charge on any atom is -0.379 e. The Morgan fingerprint density at radius 3 is 2.64 bits per heavy atom. The van der Waals surface area contributed by atoms with Gasteiger partial charge in [0.2, 0.25) is 0 Å². The third-order valence-electron chi connectivity index (χ3n) is 6.13. The van der Waals surface area contributed by atoms with Crippen LogP contribution in [0.3, 0.4) is 0 Å². The molecule has 0 spiro atoms. The number of morpholine rings is 1. The number of aromatic amines is 1. The summed E-state index contributed by atoms with van der Waals surface area (Å²) in [6.45, 7) is 9.60. The predicted octanol–water partition coefficient (Wildman–Crippen LogP) is 3.93. The maximum atomic E-state index is 12.8. The van der Waals surface area contributed by atoms with E-state index in [1.54, 1.807) is 0 Å². The Hall–Kier alpha value is -2.74. The Morgan fingerprint density at radius 1 is 1.15 bits per heavy atom. The van der Waals surface area contributed by atoms with Gasteiger partial charge in [-0.2, -0.15) is 0 Å². The van der Waals surface area contributed by atoms with Crippen molar-refractivity contribution < 1.29 is 4.74 Å². The molecule has 1 aliphatic heterocycles. The molecule has 2 aromatic carbocycles. The van der Waals surface area contributed by atoms with Crippen LogP contribution < -0.4 is 10.9 Å². The first-order chi connectivity index (χ1) is 16.0. The number of anilines is 1. The third kappa shape index (κ3) is 6.19. The zero-order chi connectivity index (χ0) is 23.2. The molecule has 33 heavy (non-hydrogen) atoms. The lowest BCUT2D eigenvalue weighted by molar-refractivity contribution is 0.0358. The van der Waals surface area contributed by atoms with E-state index in [4.69, 9.17) is 17.0 Å². The number of nitrogens with zero attached hydrogens (tertiary/aromatic N) is 2. The average molecular weight is 465 g/mol. The molecule has 1 fully saturated rings. The molecule has 0 atom stereocenters. The van der Waals surface area contributed by atoms with E-state index in [0.29, 0.717) is 17.2 Å². The summed E-state index contributed by atoms with van der Waals surface area (Å²) in [5, 5.41) is 5.02. The number of ether oxygens (including phenoxy) is 1. The van der Waals surface area contributed by atoms with Crippen molar-refractivity contribution in [3.05, 3.63) is 75.6 Å². The number of hydrogen-bond donors (Lipinski definition) is 2. The summed E-state index contributed by atoms with van der Waals surface area (Å²) in [6, 6.07) is 16.4. The maximum Gasteiger partial charge on any atom is 0.253 e. The van der Waals surface area contributed by atoms with Crippen molar-refractivity contribution in [2.24, 2.45) is 0 Å². The number of rotatable bonds is 7. The van der Waals surface area contributed by atoms with Gasteiger partial charge in [-0.1, -0.05) is 30.7 Å². The van der Waals surface area contributed by atoms with Gasteiger partial charge in [0.05, 0.1) is 19.8 Å². The molecule has 0 bridgehead atoms. The van der Waals surface area contributed by atoms with Crippen LogP contribution in [0.1, 0.15) is 23.6 Å². The molecule has 174 valence electrons. The van der Waals surface area contributed by atoms with E-state index in [0.717, 1.165) is 68.0 Å². The predicted molar refractivity (Wildman–Crippen MR) is 139 cm³/mol. The Balaban J connectivity index is 1.54. The van der Waals surface area contributed by atoms with Gasteiger partial charge < -0.3 is 19.9 Å². The first-order valence-corrected chi connectivity index (χ1v) is 12.0. The number of H-pyrrole nitrogens is 1. The van der Waals surface area contributed by atoms with Crippen LogP contribution in [-0.2, 0) is 17.7 Å². The van der Waals surface area contributed by atoms with Gasteiger partial charge in [-0.15, -0.1) is 0 Å². The summed E-state index contributed by atoms with van der Waals surface area (Å²) in [5.41, 5.74) is 4.90. The minimum atomic E-state index is -0.0715. The molecule has 0 amide bonds. The van der Waals surface area contributed by atoms with E-state index < -0.39 is 0 Å². The van der Waals surface area contributed by atoms with E-state index >= 15 is 0 Å². The average Bonchev–Trinajstić information content (AvgIpc) is 2.83. The second-order valence-electron chi connectivity index (χ2n) is 8.57. The lowest BCUT2D eigenvalue weighted by Crippen LogP contribution is -2.44. The van der Waals surface area contributed by atoms with Gasteiger partial charge in [-0.05, 0) is 66.8 Å². The number of pyridine rings is 1. The van der Waals surface area contributed by atoms with E-state index in [2.05, 4.69) is 64.3 Å². The second kappa shape index (κ2) is 10.9. The Labute approximate surface area is 200 Å². The lowest BCUT2D eigenvalue weighted by Gasteiger charge is -2.31. The quantitative estimate of drug-likeness (QED) is 0.517. The van der Waals surface area contributed by atoms with Crippen molar-refractivity contribution >= 4 is 33.9 Å². The molecule has 0 saturated carbocycles. The van der Waals surface area contributed by atoms with Crippen LogP contribution in [0.4, 0.5) is 5.69 Å². The number of benzene rings is 2. The summed E-state index contributed by atoms with van der Waals surface area (Å²) in [4.78, 5) is 20.3. The van der Waals surface area contributed by atoms with E-state index in [9.17, 15) is 4.79 Å². The molecule has 2 N–H and O–H groups in total. The molecule has 3 aromatic rings. The van der Waals surface area contributed by atoms with Gasteiger partial charge in [0, 0.05) is 42.9 Å². The van der Waals surface area contributed by atoms with Crippen LogP contribution in [-0.4, -0.2) is 59.3 Å². The van der Waals surface area contributed by atoms with Crippen LogP contribution in [0.25, 0.3) is 10.9 Å². The Bertz CT molecular complexity index is 1150. The van der Waals surface area contributed by atoms with Crippen molar-refractivity contribution in [2.45, 2.75) is 26.8 Å². The molecule has 0 radical (unpaired) electrons. The van der Waals surface area contributed by atoms with Crippen molar-refractivity contribution in [3.8, 4) is 0 Å². The summed E-state index contributed by atoms with van der Waals surface area (Å²) in [7, 11) is 0. The van der Waals surface area contributed by atoms with E-state index in [-0.39, 0.29) is 5.56 Å². The highest BCUT2D eigenvalue weighted by Crippen LogP contribution is 2.16. The Morgan fingerprint density at radius 2 is 1.91 bits per heavy atom. The molecule has 6 nitrogen and oxygen atoms in total. The molecular formula is C26H32N4O2S. The summed E-state index contributed by atoms with van der Waals surface area (Å²) < 4.78 is 5.47. The lowest BCUT2D eigenvalue weighted by atomic mass is 10.1. The maximum absolute atomic E-state index is 12.8. The number of hydrogen-bond acceptors (Lipinski definition) is 4. The highest BCUT2D eigenvalue weighted by atomic mass is 32.1. The molecule has 1 saturated heterocycles. The van der Waals surface area contributed by atoms with E-state index in [1.807, 2.05) is 18.2 Å². The zero-order valence-electron chi connectivity index (χ0n) is 19.4. The molecule has 0 unspecified atom stereocenters. The molecule has 1 aliphatic rings. The molecular weight excluding hydrogens is 432 g/mol. The summed E-state index contributed by atoms with van der Waals surface area (Å²) in [6.07, 6.45) is 1.00. The topological polar surface area (TPSA) is 60.6 Å². The van der Waals surface area contributed by atoms with Gasteiger partial charge in [0.1, 0.15) is 0 Å². The van der Waals surface area contributed by atoms with Gasteiger partial charge in [0.15, 0.2) is 5.11 Å². The largest absolute Gasteiger partial charge is 0.379 e. The van der Waals surface area contributed by atoms with Crippen molar-refractivity contribution in [2.75, 3.05) is 44.7 Å². The molecule has 4 rings (SSSR count). The highest BCUT2D eigenvalue weighted by Gasteiger charge is 2.17. The van der Waals surface area contributed by atoms with Crippen molar-refractivity contribution in [1.29, 1.82) is 0 Å². The third-order valence-corrected chi connectivity index (χ3v) is 6.49. The Kier molecular flexibility index (Phi) is 7.75. The van der Waals surface area contributed by atoms with Gasteiger partial charge in [-0.25, -0.2) is 0 Å². The fourth-order valence-electron chi connectivity index (χ4n) is 4.06. The van der Waals surface area contributed by atoms with Crippen molar-refractivity contribution in [1.82, 2.24) is 14.8 Å². The number of nitrogens with one attached hydrogen (secondary N) is 2. The van der Waals surface area contributed by atoms with Crippen molar-refractivity contribution in [3.63, 3.8) is 0 Å². The minimum absolute atomic E-state index is 0.0715. The first-order valence-electron chi connectivity index (χ1n) is 11.6. The van der Waals surface area contributed by atoms with E-state index in [1.165, 1.54) is 5.56 Å². The second-order valence-corrected chi connectivity index (χ2v) is 8.96. The number of thiocarbonyl (C=S) groups is 1. The van der Waals surface area contributed by atoms with Gasteiger partial charge >= 0.3 is 0 Å². The molecule has 0 aliphatic carbocycles. The summed E-state index contributed by atoms with van der Waals surface area (Å²) >= 11 is 5.80. The zero-order valence-corrected chi connectivity index (χ0v) is 20.2. The standard InChI is InChI=1S/C26H32N4O2S/c1-3-20-5-7-23(8-6-20)27-26(33)30(11-10-29-12-14-32-15-13-29)18-22-17-21-16-19(2)4-9-24(21)28-25(22)31/h4-9,16-17H,3,10-15,18H2,1-2H3,(H,27,33)(H,28,31). The molecule has 7 heteroatoms. The SMILES string of the molecule is CCc1ccc(NC(=S)N(CCN2CCOCC2)Cc2cc3cc(C)ccc3[nH]c2=O)cc1. The molecule has 2 heterocycles. The monoisotopic (exact) mass is 464 g/mol. The van der Waals surface area contributed by atoms with Gasteiger partial charge in [0.25, 0.3) is 5.56 Å². The molecule has 1 aromatic heterocycles. The van der Waals surface area contributed by atoms with Crippen LogP contribution >= 0.6 is 12.2 Å². The number of fused-ring (bicyclic) bond motifs is 1. The van der Waals surface area contributed by atoms with Crippen LogP contribution in [0.5, 0.6) is 0 Å². The number of aryl methyl sites for hydroxylation is 2. The summed E-state index contributed by atoms with van der Waals surface area (Å²) in [5.74, 6) is 0. The number of aromatic nitrogens is 1. The van der Waals surface area contributed by atoms with Crippen LogP contribution in [0, 0.1) is 6.92 Å². The van der Waals surface area contributed by atoms with Crippen LogP contribution in [0.15, 0.2) is 53.3 Å². The highest BCUT2D eigenvalue weighted by molar-refractivity contribution is 7.80. The first kappa shape index (κ1) is 23.4. The fourth-order valence-corrected chi connectivity index (χ4v) is 4.33. The van der Waals surface area contributed by atoms with Crippen LogP contribution in [0.2, 0.25) is 0 Å². The normalized spacial score (nSPS) is 14.4. The smallest absolute Gasteiger partial charge is 0.253 e. The van der Waals surface area contributed by atoms with Gasteiger partial charge in [-0.3, -0.25) is 9.69 Å².